The molecule has 1 N–H and O–H groups in total. The molecule has 1 rings (SSSR count). The summed E-state index contributed by atoms with van der Waals surface area (Å²) in [7, 11) is 4.74. The molecule has 0 spiro atoms. The SMILES string of the molecule is COCC(C)Nc1nc(N(C)C)cc(C(F)(F)F)n1. The van der Waals surface area contributed by atoms with Crippen LogP contribution in [-0.2, 0) is 10.9 Å². The molecule has 1 heterocycles. The van der Waals surface area contributed by atoms with E-state index in [4.69, 9.17) is 4.74 Å². The second kappa shape index (κ2) is 6.05. The number of nitrogens with one attached hydrogen (secondary N) is 1. The molecule has 0 aliphatic carbocycles. The number of nitrogens with zero attached hydrogens (tertiary/aromatic N) is 3. The van der Waals surface area contributed by atoms with Gasteiger partial charge >= 0.3 is 6.18 Å². The topological polar surface area (TPSA) is 50.3 Å². The highest BCUT2D eigenvalue weighted by Crippen LogP contribution is 2.30. The van der Waals surface area contributed by atoms with Gasteiger partial charge in [0.05, 0.1) is 6.61 Å². The van der Waals surface area contributed by atoms with E-state index < -0.39 is 11.9 Å². The third-order valence-electron chi connectivity index (χ3n) is 2.25. The van der Waals surface area contributed by atoms with Gasteiger partial charge in [-0.1, -0.05) is 0 Å². The predicted octanol–water partition coefficient (Wildman–Crippen LogP) is 2.01. The van der Waals surface area contributed by atoms with E-state index in [1.54, 1.807) is 21.0 Å². The van der Waals surface area contributed by atoms with Crippen LogP contribution in [0.15, 0.2) is 6.07 Å². The number of ether oxygens (including phenoxy) is 1. The maximum atomic E-state index is 12.7. The Balaban J connectivity index is 3.07. The molecule has 0 saturated carbocycles. The largest absolute Gasteiger partial charge is 0.433 e. The van der Waals surface area contributed by atoms with Gasteiger partial charge in [-0.2, -0.15) is 18.2 Å². The number of anilines is 2. The molecule has 0 aliphatic heterocycles. The molecular formula is C11H17F3N4O. The first kappa shape index (κ1) is 15.5. The van der Waals surface area contributed by atoms with E-state index in [1.165, 1.54) is 12.0 Å². The first-order valence-electron chi connectivity index (χ1n) is 5.63. The molecule has 0 aliphatic rings. The van der Waals surface area contributed by atoms with Crippen LogP contribution in [0.1, 0.15) is 12.6 Å². The first-order chi connectivity index (χ1) is 8.74. The van der Waals surface area contributed by atoms with E-state index in [0.29, 0.717) is 6.61 Å². The van der Waals surface area contributed by atoms with Gasteiger partial charge in [-0.3, -0.25) is 0 Å². The van der Waals surface area contributed by atoms with Crippen LogP contribution >= 0.6 is 0 Å². The lowest BCUT2D eigenvalue weighted by Crippen LogP contribution is -2.24. The molecule has 1 aromatic heterocycles. The molecule has 19 heavy (non-hydrogen) atoms. The maximum Gasteiger partial charge on any atom is 0.433 e. The fourth-order valence-electron chi connectivity index (χ4n) is 1.39. The van der Waals surface area contributed by atoms with Crippen molar-refractivity contribution >= 4 is 11.8 Å². The predicted molar refractivity (Wildman–Crippen MR) is 66.3 cm³/mol. The summed E-state index contributed by atoms with van der Waals surface area (Å²) in [4.78, 5) is 8.99. The highest BCUT2D eigenvalue weighted by atomic mass is 19.4. The summed E-state index contributed by atoms with van der Waals surface area (Å²) in [6.45, 7) is 2.11. The Kier molecular flexibility index (Phi) is 4.93. The van der Waals surface area contributed by atoms with E-state index in [1.807, 2.05) is 0 Å². The van der Waals surface area contributed by atoms with Crippen LogP contribution in [0, 0.1) is 0 Å². The molecule has 108 valence electrons. The van der Waals surface area contributed by atoms with Crippen LogP contribution in [0.5, 0.6) is 0 Å². The average molecular weight is 278 g/mol. The Morgan fingerprint density at radius 2 is 2.00 bits per heavy atom. The molecule has 0 fully saturated rings. The van der Waals surface area contributed by atoms with Crippen molar-refractivity contribution in [2.24, 2.45) is 0 Å². The Morgan fingerprint density at radius 3 is 2.47 bits per heavy atom. The van der Waals surface area contributed by atoms with E-state index in [9.17, 15) is 13.2 Å². The van der Waals surface area contributed by atoms with Crippen LogP contribution in [0.4, 0.5) is 24.9 Å². The highest BCUT2D eigenvalue weighted by Gasteiger charge is 2.34. The van der Waals surface area contributed by atoms with E-state index in [2.05, 4.69) is 15.3 Å². The van der Waals surface area contributed by atoms with E-state index in [0.717, 1.165) is 6.07 Å². The minimum Gasteiger partial charge on any atom is -0.383 e. The molecule has 0 saturated heterocycles. The van der Waals surface area contributed by atoms with Crippen molar-refractivity contribution in [2.45, 2.75) is 19.1 Å². The van der Waals surface area contributed by atoms with Crippen LogP contribution in [-0.4, -0.2) is 43.8 Å². The van der Waals surface area contributed by atoms with Gasteiger partial charge in [0, 0.05) is 33.3 Å². The second-order valence-corrected chi connectivity index (χ2v) is 4.33. The summed E-state index contributed by atoms with van der Waals surface area (Å²) in [5, 5.41) is 2.78. The Morgan fingerprint density at radius 1 is 1.37 bits per heavy atom. The standard InChI is InChI=1S/C11H17F3N4O/c1-7(6-19-4)15-10-16-8(11(12,13)14)5-9(17-10)18(2)3/h5,7H,6H2,1-4H3,(H,15,16,17). The highest BCUT2D eigenvalue weighted by molar-refractivity contribution is 5.44. The van der Waals surface area contributed by atoms with Crippen molar-refractivity contribution in [3.8, 4) is 0 Å². The van der Waals surface area contributed by atoms with Crippen molar-refractivity contribution in [3.05, 3.63) is 11.8 Å². The van der Waals surface area contributed by atoms with Gasteiger partial charge in [0.15, 0.2) is 5.69 Å². The molecule has 0 bridgehead atoms. The van der Waals surface area contributed by atoms with Gasteiger partial charge in [0.2, 0.25) is 5.95 Å². The van der Waals surface area contributed by atoms with Gasteiger partial charge < -0.3 is 15.0 Å². The van der Waals surface area contributed by atoms with Gasteiger partial charge in [-0.05, 0) is 6.92 Å². The number of alkyl halides is 3. The molecular weight excluding hydrogens is 261 g/mol. The minimum absolute atomic E-state index is 0.0666. The van der Waals surface area contributed by atoms with E-state index in [-0.39, 0.29) is 17.8 Å². The van der Waals surface area contributed by atoms with Gasteiger partial charge in [-0.15, -0.1) is 0 Å². The van der Waals surface area contributed by atoms with Crippen LogP contribution in [0.25, 0.3) is 0 Å². The van der Waals surface area contributed by atoms with Crippen LogP contribution in [0.2, 0.25) is 0 Å². The van der Waals surface area contributed by atoms with Crippen molar-refractivity contribution in [2.75, 3.05) is 38.0 Å². The molecule has 8 heteroatoms. The normalized spacial score (nSPS) is 13.2. The molecule has 0 radical (unpaired) electrons. The van der Waals surface area contributed by atoms with Crippen LogP contribution in [0.3, 0.4) is 0 Å². The number of hydrogen-bond acceptors (Lipinski definition) is 5. The first-order valence-corrected chi connectivity index (χ1v) is 5.63. The number of halogens is 3. The summed E-state index contributed by atoms with van der Waals surface area (Å²) in [5.41, 5.74) is -0.974. The van der Waals surface area contributed by atoms with Crippen molar-refractivity contribution in [3.63, 3.8) is 0 Å². The van der Waals surface area contributed by atoms with Gasteiger partial charge in [0.25, 0.3) is 0 Å². The molecule has 0 amide bonds. The number of aromatic nitrogens is 2. The van der Waals surface area contributed by atoms with E-state index >= 15 is 0 Å². The fourth-order valence-corrected chi connectivity index (χ4v) is 1.39. The Bertz CT molecular complexity index is 423. The third kappa shape index (κ3) is 4.55. The molecule has 1 atom stereocenters. The summed E-state index contributed by atoms with van der Waals surface area (Å²) in [6.07, 6.45) is -4.51. The fraction of sp³-hybridized carbons (Fsp3) is 0.636. The lowest BCUT2D eigenvalue weighted by atomic mass is 10.3. The summed E-state index contributed by atoms with van der Waals surface area (Å²) in [5.74, 6) is 0.123. The molecule has 5 nitrogen and oxygen atoms in total. The van der Waals surface area contributed by atoms with Crippen molar-refractivity contribution in [1.82, 2.24) is 9.97 Å². The number of rotatable bonds is 5. The summed E-state index contributed by atoms with van der Waals surface area (Å²) >= 11 is 0. The molecule has 1 unspecified atom stereocenters. The third-order valence-corrected chi connectivity index (χ3v) is 2.25. The van der Waals surface area contributed by atoms with Crippen molar-refractivity contribution in [1.29, 1.82) is 0 Å². The minimum atomic E-state index is -4.51. The zero-order valence-electron chi connectivity index (χ0n) is 11.2. The lowest BCUT2D eigenvalue weighted by molar-refractivity contribution is -0.141. The number of methoxy groups -OCH3 is 1. The monoisotopic (exact) mass is 278 g/mol. The zero-order valence-corrected chi connectivity index (χ0v) is 11.2. The van der Waals surface area contributed by atoms with Gasteiger partial charge in [0.1, 0.15) is 5.82 Å². The Labute approximate surface area is 109 Å². The van der Waals surface area contributed by atoms with Crippen LogP contribution < -0.4 is 10.2 Å². The Hall–Kier alpha value is -1.57. The van der Waals surface area contributed by atoms with Gasteiger partial charge in [-0.25, -0.2) is 4.98 Å². The summed E-state index contributed by atoms with van der Waals surface area (Å²) in [6, 6.07) is 0.718. The quantitative estimate of drug-likeness (QED) is 0.893. The number of hydrogen-bond donors (Lipinski definition) is 1. The smallest absolute Gasteiger partial charge is 0.383 e. The summed E-state index contributed by atoms with van der Waals surface area (Å²) < 4.78 is 43.1. The lowest BCUT2D eigenvalue weighted by Gasteiger charge is -2.18. The molecule has 0 aromatic carbocycles. The second-order valence-electron chi connectivity index (χ2n) is 4.33. The maximum absolute atomic E-state index is 12.7. The zero-order chi connectivity index (χ0) is 14.6. The molecule has 1 aromatic rings. The van der Waals surface area contributed by atoms with Crippen molar-refractivity contribution < 1.29 is 17.9 Å². The average Bonchev–Trinajstić information content (AvgIpc) is 2.27.